The Bertz CT molecular complexity index is 1180. The van der Waals surface area contributed by atoms with E-state index in [1.807, 2.05) is 0 Å². The molecule has 4 N–H and O–H groups in total. The molecule has 4 saturated carbocycles. The topological polar surface area (TPSA) is 156 Å². The average Bonchev–Trinajstić information content (AvgIpc) is 3.22. The molecule has 0 radical (unpaired) electrons. The van der Waals surface area contributed by atoms with Crippen LogP contribution in [0.2, 0.25) is 0 Å². The molecule has 2 heterocycles. The van der Waals surface area contributed by atoms with E-state index in [2.05, 4.69) is 6.92 Å². The van der Waals surface area contributed by atoms with E-state index in [9.17, 15) is 30.0 Å². The molecule has 1 aliphatic heterocycles. The summed E-state index contributed by atoms with van der Waals surface area (Å²) < 4.78 is 22.4. The van der Waals surface area contributed by atoms with E-state index in [0.29, 0.717) is 44.9 Å². The van der Waals surface area contributed by atoms with Crippen LogP contribution in [0.15, 0.2) is 27.6 Å². The third kappa shape index (κ3) is 4.16. The Morgan fingerprint density at radius 2 is 1.76 bits per heavy atom. The largest absolute Gasteiger partial charge is 0.431 e. The second-order valence-corrected chi connectivity index (χ2v) is 13.7. The van der Waals surface area contributed by atoms with Crippen molar-refractivity contribution >= 4 is 6.29 Å². The summed E-state index contributed by atoms with van der Waals surface area (Å²) in [6, 6.07) is 3.23. The van der Waals surface area contributed by atoms with E-state index < -0.39 is 64.5 Å². The lowest BCUT2D eigenvalue weighted by Gasteiger charge is -2.65. The fourth-order valence-corrected chi connectivity index (χ4v) is 9.99. The van der Waals surface area contributed by atoms with Gasteiger partial charge in [-0.1, -0.05) is 6.92 Å². The first-order chi connectivity index (χ1) is 19.4. The molecule has 0 aromatic carbocycles. The second kappa shape index (κ2) is 10.2. The second-order valence-electron chi connectivity index (χ2n) is 13.7. The number of carbonyl (C=O) groups is 1. The molecule has 228 valence electrons. The molecule has 5 aliphatic rings. The first kappa shape index (κ1) is 29.4. The minimum absolute atomic E-state index is 0.0345. The molecule has 4 aliphatic carbocycles. The van der Waals surface area contributed by atoms with Gasteiger partial charge in [-0.25, -0.2) is 4.79 Å². The van der Waals surface area contributed by atoms with Gasteiger partial charge in [0.2, 0.25) is 0 Å². The van der Waals surface area contributed by atoms with Crippen LogP contribution in [0.3, 0.4) is 0 Å². The summed E-state index contributed by atoms with van der Waals surface area (Å²) in [6.45, 7) is 3.87. The zero-order chi connectivity index (χ0) is 29.4. The first-order valence-corrected chi connectivity index (χ1v) is 15.1. The Balaban J connectivity index is 1.22. The van der Waals surface area contributed by atoms with Crippen LogP contribution in [0.4, 0.5) is 0 Å². The lowest BCUT2D eigenvalue weighted by molar-refractivity contribution is -0.319. The molecular weight excluding hydrogens is 532 g/mol. The van der Waals surface area contributed by atoms with Gasteiger partial charge in [0.25, 0.3) is 0 Å². The SMILES string of the molecule is COC1C(C)OC(OC2CCC3(C=O)C4CCC5(C)C(c6ccc(=O)oc6)CCC5(O)C4CCC3(O)C2)C(O)C1O. The van der Waals surface area contributed by atoms with E-state index in [1.54, 1.807) is 13.0 Å². The number of rotatable bonds is 5. The van der Waals surface area contributed by atoms with Crippen molar-refractivity contribution in [3.8, 4) is 0 Å². The van der Waals surface area contributed by atoms with Crippen LogP contribution in [-0.2, 0) is 19.0 Å². The van der Waals surface area contributed by atoms with Crippen molar-refractivity contribution in [3.05, 3.63) is 34.4 Å². The third-order valence-corrected chi connectivity index (χ3v) is 12.2. The molecular formula is C31H44O10. The Labute approximate surface area is 240 Å². The quantitative estimate of drug-likeness (QED) is 0.302. The standard InChI is InChI=1S/C31H44O10/c1-17-26(38-3)24(34)25(35)27(40-17)41-19-6-11-29(16-32)21-7-10-28(2)20(18-4-5-23(33)39-15-18)9-13-31(28,37)22(21)8-12-30(29,36)14-19/h4-5,15-17,19-22,24-27,34-37H,6-14H2,1-3H3. The van der Waals surface area contributed by atoms with Crippen LogP contribution >= 0.6 is 0 Å². The molecule has 1 aromatic rings. The molecule has 13 unspecified atom stereocenters. The number of hydrogen-bond acceptors (Lipinski definition) is 10. The maximum Gasteiger partial charge on any atom is 0.335 e. The molecule has 0 bridgehead atoms. The van der Waals surface area contributed by atoms with E-state index in [0.717, 1.165) is 18.3 Å². The monoisotopic (exact) mass is 576 g/mol. The number of fused-ring (bicyclic) bond motifs is 5. The van der Waals surface area contributed by atoms with Gasteiger partial charge in [0.05, 0.1) is 35.1 Å². The van der Waals surface area contributed by atoms with Crippen LogP contribution in [0.1, 0.15) is 83.1 Å². The van der Waals surface area contributed by atoms with Crippen molar-refractivity contribution in [2.75, 3.05) is 7.11 Å². The van der Waals surface area contributed by atoms with Crippen LogP contribution in [0.5, 0.6) is 0 Å². The highest BCUT2D eigenvalue weighted by Crippen LogP contribution is 2.71. The van der Waals surface area contributed by atoms with Gasteiger partial charge in [0.15, 0.2) is 6.29 Å². The first-order valence-electron chi connectivity index (χ1n) is 15.1. The normalized spacial score (nSPS) is 51.3. The van der Waals surface area contributed by atoms with Gasteiger partial charge >= 0.3 is 5.63 Å². The number of aliphatic hydroxyl groups is 4. The molecule has 5 fully saturated rings. The molecule has 0 spiro atoms. The van der Waals surface area contributed by atoms with Gasteiger partial charge in [-0.15, -0.1) is 0 Å². The smallest absolute Gasteiger partial charge is 0.335 e. The van der Waals surface area contributed by atoms with Gasteiger partial charge in [-0.05, 0) is 87.7 Å². The van der Waals surface area contributed by atoms with Gasteiger partial charge in [0.1, 0.15) is 24.6 Å². The highest BCUT2D eigenvalue weighted by Gasteiger charge is 2.71. The van der Waals surface area contributed by atoms with Gasteiger partial charge < -0.3 is 43.8 Å². The van der Waals surface area contributed by atoms with Gasteiger partial charge in [-0.2, -0.15) is 0 Å². The van der Waals surface area contributed by atoms with E-state index in [1.165, 1.54) is 19.4 Å². The molecule has 0 amide bonds. The maximum atomic E-state index is 13.0. The highest BCUT2D eigenvalue weighted by molar-refractivity contribution is 5.64. The average molecular weight is 577 g/mol. The number of methoxy groups -OCH3 is 1. The van der Waals surface area contributed by atoms with Crippen molar-refractivity contribution < 1.29 is 43.8 Å². The minimum Gasteiger partial charge on any atom is -0.431 e. The van der Waals surface area contributed by atoms with Crippen molar-refractivity contribution in [1.82, 2.24) is 0 Å². The summed E-state index contributed by atoms with van der Waals surface area (Å²) in [5.41, 5.74) is -3.26. The summed E-state index contributed by atoms with van der Waals surface area (Å²) in [5, 5.41) is 45.7. The number of hydrogen-bond donors (Lipinski definition) is 4. The van der Waals surface area contributed by atoms with Crippen molar-refractivity contribution in [3.63, 3.8) is 0 Å². The van der Waals surface area contributed by atoms with Crippen molar-refractivity contribution in [2.45, 2.75) is 126 Å². The minimum atomic E-state index is -1.32. The van der Waals surface area contributed by atoms with Gasteiger partial charge in [0, 0.05) is 25.0 Å². The lowest BCUT2D eigenvalue weighted by Crippen LogP contribution is -2.69. The maximum absolute atomic E-state index is 13.0. The zero-order valence-corrected chi connectivity index (χ0v) is 24.1. The molecule has 1 aromatic heterocycles. The summed E-state index contributed by atoms with van der Waals surface area (Å²) in [5.74, 6) is -0.284. The number of aldehydes is 1. The predicted molar refractivity (Wildman–Crippen MR) is 145 cm³/mol. The Kier molecular flexibility index (Phi) is 7.33. The zero-order valence-electron chi connectivity index (χ0n) is 24.1. The Morgan fingerprint density at radius 1 is 1.00 bits per heavy atom. The molecule has 41 heavy (non-hydrogen) atoms. The van der Waals surface area contributed by atoms with Crippen molar-refractivity contribution in [2.24, 2.45) is 22.7 Å². The summed E-state index contributed by atoms with van der Waals surface area (Å²) >= 11 is 0. The van der Waals surface area contributed by atoms with Crippen LogP contribution in [0, 0.1) is 22.7 Å². The number of ether oxygens (including phenoxy) is 3. The van der Waals surface area contributed by atoms with Crippen LogP contribution < -0.4 is 5.63 Å². The summed E-state index contributed by atoms with van der Waals surface area (Å²) in [4.78, 5) is 24.6. The number of carbonyl (C=O) groups excluding carboxylic acids is 1. The lowest BCUT2D eigenvalue weighted by atomic mass is 9.41. The molecule has 1 saturated heterocycles. The molecule has 10 nitrogen and oxygen atoms in total. The summed E-state index contributed by atoms with van der Waals surface area (Å²) in [6.07, 6.45) is 2.04. The van der Waals surface area contributed by atoms with Crippen molar-refractivity contribution in [1.29, 1.82) is 0 Å². The van der Waals surface area contributed by atoms with Crippen LogP contribution in [0.25, 0.3) is 0 Å². The van der Waals surface area contributed by atoms with Gasteiger partial charge in [-0.3, -0.25) is 0 Å². The predicted octanol–water partition coefficient (Wildman–Crippen LogP) is 2.04. The fourth-order valence-electron chi connectivity index (χ4n) is 9.99. The molecule has 10 heteroatoms. The summed E-state index contributed by atoms with van der Waals surface area (Å²) in [7, 11) is 1.45. The Hall–Kier alpha value is -1.66. The van der Waals surface area contributed by atoms with Crippen LogP contribution in [-0.4, -0.2) is 81.8 Å². The van der Waals surface area contributed by atoms with E-state index in [-0.39, 0.29) is 24.2 Å². The highest BCUT2D eigenvalue weighted by atomic mass is 16.7. The third-order valence-electron chi connectivity index (χ3n) is 12.2. The number of aliphatic hydroxyl groups excluding tert-OH is 2. The fraction of sp³-hybridized carbons (Fsp3) is 0.806. The Morgan fingerprint density at radius 3 is 2.44 bits per heavy atom. The van der Waals surface area contributed by atoms with E-state index in [4.69, 9.17) is 18.6 Å². The van der Waals surface area contributed by atoms with E-state index >= 15 is 0 Å². The molecule has 13 atom stereocenters. The molecule has 6 rings (SSSR count).